The molecule has 1 aliphatic heterocycles. The summed E-state index contributed by atoms with van der Waals surface area (Å²) in [5, 5.41) is 23.6. The van der Waals surface area contributed by atoms with Crippen molar-refractivity contribution in [1.82, 2.24) is 19.5 Å². The fourth-order valence-corrected chi connectivity index (χ4v) is 6.44. The average molecular weight is 617 g/mol. The van der Waals surface area contributed by atoms with Crippen molar-refractivity contribution >= 4 is 46.3 Å². The lowest BCUT2D eigenvalue weighted by Gasteiger charge is -2.19. The first-order valence-corrected chi connectivity index (χ1v) is 14.9. The number of phosphoric ester groups is 1. The number of imidazole rings is 1. The molecular formula is C16H19FN5O14P3. The van der Waals surface area contributed by atoms with E-state index in [0.29, 0.717) is 5.69 Å². The second kappa shape index (κ2) is 10.9. The molecule has 214 valence electrons. The number of hydrogen-bond acceptors (Lipinski definition) is 13. The van der Waals surface area contributed by atoms with Crippen molar-refractivity contribution in [1.29, 1.82) is 0 Å². The van der Waals surface area contributed by atoms with E-state index in [2.05, 4.69) is 33.4 Å². The van der Waals surface area contributed by atoms with Crippen molar-refractivity contribution in [3.8, 4) is 0 Å². The van der Waals surface area contributed by atoms with Gasteiger partial charge in [-0.15, -0.1) is 0 Å². The molecule has 0 amide bonds. The number of aromatic nitrogens is 4. The highest BCUT2D eigenvalue weighted by Crippen LogP contribution is 2.66. The van der Waals surface area contributed by atoms with Gasteiger partial charge in [-0.2, -0.15) is 13.6 Å². The summed E-state index contributed by atoms with van der Waals surface area (Å²) in [6.45, 7) is -1.05. The van der Waals surface area contributed by atoms with Crippen molar-refractivity contribution in [3.05, 3.63) is 46.8 Å². The largest absolute Gasteiger partial charge is 0.490 e. The second-order valence-electron chi connectivity index (χ2n) is 7.80. The van der Waals surface area contributed by atoms with Gasteiger partial charge in [0.25, 0.3) is 5.56 Å². The maximum Gasteiger partial charge on any atom is 0.490 e. The lowest BCUT2D eigenvalue weighted by Crippen LogP contribution is -2.33. The number of ether oxygens (including phenoxy) is 1. The molecule has 1 fully saturated rings. The minimum atomic E-state index is -5.77. The van der Waals surface area contributed by atoms with Gasteiger partial charge in [0.1, 0.15) is 24.1 Å². The summed E-state index contributed by atoms with van der Waals surface area (Å²) in [5.41, 5.74) is -0.667. The van der Waals surface area contributed by atoms with Gasteiger partial charge in [0.15, 0.2) is 17.4 Å². The Kier molecular flexibility index (Phi) is 8.24. The SMILES string of the molecule is O=c1[nH]c(Nc2ccc(F)cc2)nc2c1ncn2C1O[C@@H](COP(=O)(O)OP(=O)(O)OP(=O)(O)O)[C@H](O)[C@@H]1O. The number of rotatable bonds is 10. The molecule has 3 heterocycles. The normalized spacial score (nSPS) is 24.9. The van der Waals surface area contributed by atoms with Crippen molar-refractivity contribution in [3.63, 3.8) is 0 Å². The quantitative estimate of drug-likeness (QED) is 0.139. The van der Waals surface area contributed by atoms with Crippen LogP contribution in [0.25, 0.3) is 11.2 Å². The molecular weight excluding hydrogens is 598 g/mol. The minimum absolute atomic E-state index is 0.0990. The fraction of sp³-hybridized carbons (Fsp3) is 0.312. The number of halogens is 1. The Morgan fingerprint density at radius 1 is 1.05 bits per heavy atom. The number of aromatic amines is 1. The van der Waals surface area contributed by atoms with Crippen LogP contribution in [0.1, 0.15) is 6.23 Å². The van der Waals surface area contributed by atoms with E-state index >= 15 is 0 Å². The summed E-state index contributed by atoms with van der Waals surface area (Å²) in [4.78, 5) is 58.9. The monoisotopic (exact) mass is 617 g/mol. The van der Waals surface area contributed by atoms with E-state index in [0.717, 1.165) is 23.0 Å². The van der Waals surface area contributed by atoms with Gasteiger partial charge in [-0.05, 0) is 24.3 Å². The lowest BCUT2D eigenvalue weighted by atomic mass is 10.1. The molecule has 1 aromatic carbocycles. The Bertz CT molecular complexity index is 1560. The van der Waals surface area contributed by atoms with E-state index in [1.807, 2.05) is 0 Å². The van der Waals surface area contributed by atoms with Gasteiger partial charge in [0.2, 0.25) is 5.95 Å². The topological polar surface area (TPSA) is 285 Å². The predicted octanol–water partition coefficient (Wildman–Crippen LogP) is -0.0352. The summed E-state index contributed by atoms with van der Waals surface area (Å²) in [7, 11) is -16.9. The molecule has 0 radical (unpaired) electrons. The number of H-pyrrole nitrogens is 1. The molecule has 3 aromatic rings. The second-order valence-corrected chi connectivity index (χ2v) is 12.2. The van der Waals surface area contributed by atoms with E-state index in [-0.39, 0.29) is 17.1 Å². The van der Waals surface area contributed by atoms with Crippen LogP contribution in [-0.2, 0) is 31.6 Å². The number of hydrogen-bond donors (Lipinski definition) is 8. The number of benzene rings is 1. The number of fused-ring (bicyclic) bond motifs is 1. The predicted molar refractivity (Wildman–Crippen MR) is 124 cm³/mol. The van der Waals surface area contributed by atoms with Gasteiger partial charge >= 0.3 is 23.5 Å². The van der Waals surface area contributed by atoms with Gasteiger partial charge in [0.05, 0.1) is 12.9 Å². The molecule has 39 heavy (non-hydrogen) atoms. The van der Waals surface area contributed by atoms with Crippen molar-refractivity contribution < 1.29 is 65.8 Å². The van der Waals surface area contributed by atoms with Gasteiger partial charge in [-0.25, -0.2) is 23.1 Å². The summed E-state index contributed by atoms with van der Waals surface area (Å²) in [6, 6.07) is 5.07. The first-order chi connectivity index (χ1) is 18.0. The van der Waals surface area contributed by atoms with Crippen LogP contribution in [0.5, 0.6) is 0 Å². The van der Waals surface area contributed by atoms with Crippen LogP contribution >= 0.6 is 23.5 Å². The number of phosphoric acid groups is 3. The standard InChI is InChI=1S/C16H19FN5O14P3/c17-7-1-3-8(4-2-7)19-16-20-13-10(14(25)21-16)18-6-22(13)15-12(24)11(23)9(34-15)5-33-38(29,30)36-39(31,32)35-37(26,27)28/h1-4,6,9,11-12,15,23-24H,5H2,(H,29,30)(H,31,32)(H2,26,27,28)(H2,19,20,21,25)/t9-,11-,12-,15?/m0/s1. The van der Waals surface area contributed by atoms with E-state index in [4.69, 9.17) is 14.5 Å². The van der Waals surface area contributed by atoms with Crippen LogP contribution in [0.4, 0.5) is 16.0 Å². The summed E-state index contributed by atoms with van der Waals surface area (Å²) >= 11 is 0. The maximum absolute atomic E-state index is 13.2. The highest BCUT2D eigenvalue weighted by atomic mass is 31.3. The van der Waals surface area contributed by atoms with Crippen LogP contribution in [0.2, 0.25) is 0 Å². The number of aliphatic hydroxyl groups is 2. The van der Waals surface area contributed by atoms with Gasteiger partial charge in [0, 0.05) is 5.69 Å². The maximum atomic E-state index is 13.2. The Hall–Kier alpha value is -2.41. The molecule has 2 aromatic heterocycles. The molecule has 1 saturated heterocycles. The molecule has 8 N–H and O–H groups in total. The highest BCUT2D eigenvalue weighted by Gasteiger charge is 2.47. The van der Waals surface area contributed by atoms with Crippen LogP contribution in [0, 0.1) is 5.82 Å². The minimum Gasteiger partial charge on any atom is -0.387 e. The van der Waals surface area contributed by atoms with E-state index in [9.17, 15) is 42.9 Å². The van der Waals surface area contributed by atoms with Crippen molar-refractivity contribution in [2.24, 2.45) is 0 Å². The molecule has 0 aliphatic carbocycles. The third-order valence-electron chi connectivity index (χ3n) is 4.97. The molecule has 6 atom stereocenters. The summed E-state index contributed by atoms with van der Waals surface area (Å²) in [6.07, 6.45) is -5.54. The Labute approximate surface area is 215 Å². The van der Waals surface area contributed by atoms with Crippen LogP contribution in [0.15, 0.2) is 35.4 Å². The summed E-state index contributed by atoms with van der Waals surface area (Å²) in [5.74, 6) is -0.595. The van der Waals surface area contributed by atoms with Crippen molar-refractivity contribution in [2.45, 2.75) is 24.5 Å². The van der Waals surface area contributed by atoms with Gasteiger partial charge < -0.3 is 39.8 Å². The Morgan fingerprint density at radius 2 is 1.72 bits per heavy atom. The molecule has 23 heteroatoms. The number of nitrogens with one attached hydrogen (secondary N) is 2. The third kappa shape index (κ3) is 7.22. The fourth-order valence-electron chi connectivity index (χ4n) is 3.41. The zero-order chi connectivity index (χ0) is 28.8. The molecule has 19 nitrogen and oxygen atoms in total. The number of nitrogens with zero attached hydrogens (tertiary/aromatic N) is 3. The molecule has 0 saturated carbocycles. The first-order valence-electron chi connectivity index (χ1n) is 10.3. The zero-order valence-electron chi connectivity index (χ0n) is 18.9. The molecule has 1 aliphatic rings. The lowest BCUT2D eigenvalue weighted by molar-refractivity contribution is -0.0503. The Balaban J connectivity index is 1.50. The van der Waals surface area contributed by atoms with Crippen molar-refractivity contribution in [2.75, 3.05) is 11.9 Å². The van der Waals surface area contributed by atoms with Gasteiger partial charge in [-0.1, -0.05) is 0 Å². The van der Waals surface area contributed by atoms with E-state index < -0.39 is 66.0 Å². The Morgan fingerprint density at radius 3 is 2.36 bits per heavy atom. The molecule has 0 bridgehead atoms. The smallest absolute Gasteiger partial charge is 0.387 e. The molecule has 3 unspecified atom stereocenters. The van der Waals surface area contributed by atoms with Crippen LogP contribution in [-0.4, -0.2) is 74.2 Å². The van der Waals surface area contributed by atoms with Crippen LogP contribution in [0.3, 0.4) is 0 Å². The highest BCUT2D eigenvalue weighted by molar-refractivity contribution is 7.66. The third-order valence-corrected chi connectivity index (χ3v) is 8.77. The average Bonchev–Trinajstić information content (AvgIpc) is 3.33. The first kappa shape index (κ1) is 29.6. The van der Waals surface area contributed by atoms with E-state index in [1.165, 1.54) is 12.1 Å². The summed E-state index contributed by atoms with van der Waals surface area (Å²) < 4.78 is 65.4. The molecule has 4 rings (SSSR count). The van der Waals surface area contributed by atoms with Crippen LogP contribution < -0.4 is 10.9 Å². The zero-order valence-corrected chi connectivity index (χ0v) is 21.6. The number of anilines is 2. The number of aliphatic hydroxyl groups excluding tert-OH is 2. The van der Waals surface area contributed by atoms with Gasteiger partial charge in [-0.3, -0.25) is 18.9 Å². The molecule has 0 spiro atoms. The van der Waals surface area contributed by atoms with E-state index in [1.54, 1.807) is 0 Å².